The van der Waals surface area contributed by atoms with Gasteiger partial charge in [0.2, 0.25) is 0 Å². The third-order valence-corrected chi connectivity index (χ3v) is 7.33. The van der Waals surface area contributed by atoms with Crippen molar-refractivity contribution in [3.8, 4) is 0 Å². The molecule has 0 saturated heterocycles. The average molecular weight is 475 g/mol. The van der Waals surface area contributed by atoms with E-state index >= 15 is 0 Å². The Hall–Kier alpha value is -2.33. The Morgan fingerprint density at radius 1 is 0.690 bits per heavy atom. The van der Waals surface area contributed by atoms with Gasteiger partial charge in [-0.3, -0.25) is 9.44 Å². The van der Waals surface area contributed by atoms with Gasteiger partial charge in [0.15, 0.2) is 0 Å². The molecule has 0 saturated carbocycles. The third kappa shape index (κ3) is 4.99. The van der Waals surface area contributed by atoms with Crippen LogP contribution in [-0.2, 0) is 20.0 Å². The Morgan fingerprint density at radius 3 is 1.79 bits per heavy atom. The molecule has 0 aromatic heterocycles. The zero-order valence-electron chi connectivity index (χ0n) is 14.4. The van der Waals surface area contributed by atoms with Crippen molar-refractivity contribution in [2.45, 2.75) is 9.79 Å². The fourth-order valence-electron chi connectivity index (χ4n) is 2.32. The van der Waals surface area contributed by atoms with Gasteiger partial charge in [-0.2, -0.15) is 0 Å². The molecule has 152 valence electrons. The molecule has 3 aromatic carbocycles. The van der Waals surface area contributed by atoms with Crippen LogP contribution >= 0.6 is 23.2 Å². The summed E-state index contributed by atoms with van der Waals surface area (Å²) in [6, 6.07) is 13.8. The van der Waals surface area contributed by atoms with Crippen molar-refractivity contribution in [2.75, 3.05) is 9.44 Å². The second kappa shape index (κ2) is 8.19. The minimum absolute atomic E-state index is 0.0569. The largest absolute Gasteiger partial charge is 0.280 e. The molecule has 3 aromatic rings. The van der Waals surface area contributed by atoms with Gasteiger partial charge in [-0.15, -0.1) is 0 Å². The maximum Gasteiger partial charge on any atom is 0.261 e. The molecule has 29 heavy (non-hydrogen) atoms. The molecule has 11 heteroatoms. The first-order chi connectivity index (χ1) is 13.6. The average Bonchev–Trinajstić information content (AvgIpc) is 2.66. The lowest BCUT2D eigenvalue weighted by molar-refractivity contribution is 0.599. The molecule has 0 fully saturated rings. The molecule has 0 bridgehead atoms. The predicted molar refractivity (Wildman–Crippen MR) is 111 cm³/mol. The van der Waals surface area contributed by atoms with Crippen molar-refractivity contribution in [3.63, 3.8) is 0 Å². The minimum atomic E-state index is -3.98. The summed E-state index contributed by atoms with van der Waals surface area (Å²) in [6.45, 7) is 0. The molecule has 0 heterocycles. The highest BCUT2D eigenvalue weighted by atomic mass is 35.5. The monoisotopic (exact) mass is 474 g/mol. The first kappa shape index (κ1) is 21.4. The van der Waals surface area contributed by atoms with Gasteiger partial charge in [0, 0.05) is 5.69 Å². The molecular weight excluding hydrogens is 462 g/mol. The molecule has 0 amide bonds. The summed E-state index contributed by atoms with van der Waals surface area (Å²) in [5.74, 6) is -0.564. The summed E-state index contributed by atoms with van der Waals surface area (Å²) in [5.41, 5.74) is 0.245. The summed E-state index contributed by atoms with van der Waals surface area (Å²) in [5, 5.41) is 0.249. The Bertz CT molecular complexity index is 1250. The molecule has 3 rings (SSSR count). The lowest BCUT2D eigenvalue weighted by Gasteiger charge is -2.12. The minimum Gasteiger partial charge on any atom is -0.280 e. The lowest BCUT2D eigenvalue weighted by atomic mass is 10.3. The van der Waals surface area contributed by atoms with Gasteiger partial charge in [0.05, 0.1) is 25.5 Å². The van der Waals surface area contributed by atoms with E-state index in [1.54, 1.807) is 6.07 Å². The van der Waals surface area contributed by atoms with Crippen molar-refractivity contribution in [2.24, 2.45) is 0 Å². The van der Waals surface area contributed by atoms with Crippen LogP contribution in [0.2, 0.25) is 10.0 Å². The molecule has 6 nitrogen and oxygen atoms in total. The molecule has 0 aliphatic heterocycles. The van der Waals surface area contributed by atoms with Gasteiger partial charge in [0.25, 0.3) is 20.0 Å². The van der Waals surface area contributed by atoms with Gasteiger partial charge in [-0.1, -0.05) is 29.3 Å². The van der Waals surface area contributed by atoms with Gasteiger partial charge in [-0.25, -0.2) is 21.2 Å². The van der Waals surface area contributed by atoms with Gasteiger partial charge in [0.1, 0.15) is 5.82 Å². The highest BCUT2D eigenvalue weighted by molar-refractivity contribution is 7.93. The highest BCUT2D eigenvalue weighted by Crippen LogP contribution is 2.31. The van der Waals surface area contributed by atoms with E-state index in [2.05, 4.69) is 9.44 Å². The van der Waals surface area contributed by atoms with Crippen molar-refractivity contribution in [3.05, 3.63) is 82.6 Å². The summed E-state index contributed by atoms with van der Waals surface area (Å²) in [6.07, 6.45) is 0. The zero-order valence-corrected chi connectivity index (χ0v) is 17.6. The van der Waals surface area contributed by atoms with Crippen LogP contribution < -0.4 is 9.44 Å². The number of rotatable bonds is 6. The van der Waals surface area contributed by atoms with E-state index in [1.807, 2.05) is 0 Å². The van der Waals surface area contributed by atoms with Crippen molar-refractivity contribution in [1.82, 2.24) is 0 Å². The van der Waals surface area contributed by atoms with E-state index in [-0.39, 0.29) is 31.2 Å². The molecule has 2 N–H and O–H groups in total. The second-order valence-electron chi connectivity index (χ2n) is 5.79. The Morgan fingerprint density at radius 2 is 1.21 bits per heavy atom. The number of hydrogen-bond donors (Lipinski definition) is 2. The van der Waals surface area contributed by atoms with Crippen LogP contribution in [0.5, 0.6) is 0 Å². The Balaban J connectivity index is 1.80. The quantitative estimate of drug-likeness (QED) is 0.539. The molecule has 0 spiro atoms. The summed E-state index contributed by atoms with van der Waals surface area (Å²) in [7, 11) is -7.93. The maximum absolute atomic E-state index is 13.0. The summed E-state index contributed by atoms with van der Waals surface area (Å²) >= 11 is 11.9. The second-order valence-corrected chi connectivity index (χ2v) is 9.94. The number of hydrogen-bond acceptors (Lipinski definition) is 4. The van der Waals surface area contributed by atoms with E-state index in [0.29, 0.717) is 0 Å². The van der Waals surface area contributed by atoms with E-state index in [9.17, 15) is 21.2 Å². The molecule has 0 radical (unpaired) electrons. The molecular formula is C18H13Cl2FN2O4S2. The summed E-state index contributed by atoms with van der Waals surface area (Å²) in [4.78, 5) is -0.244. The number of sulfonamides is 2. The van der Waals surface area contributed by atoms with Gasteiger partial charge >= 0.3 is 0 Å². The Kier molecular flexibility index (Phi) is 6.04. The smallest absolute Gasteiger partial charge is 0.261 e. The maximum atomic E-state index is 13.0. The van der Waals surface area contributed by atoms with Crippen LogP contribution in [0.25, 0.3) is 0 Å². The topological polar surface area (TPSA) is 92.3 Å². The third-order valence-electron chi connectivity index (χ3n) is 3.74. The SMILES string of the molecule is O=S(=O)(Nc1ccc(S(=O)(=O)Nc2cccc(Cl)c2Cl)cc1)c1ccc(F)cc1. The summed E-state index contributed by atoms with van der Waals surface area (Å²) < 4.78 is 67.3. The zero-order chi connectivity index (χ0) is 21.2. The predicted octanol–water partition coefficient (Wildman–Crippen LogP) is 4.73. The first-order valence-electron chi connectivity index (χ1n) is 7.94. The molecule has 0 aliphatic rings. The van der Waals surface area contributed by atoms with E-state index in [4.69, 9.17) is 23.2 Å². The van der Waals surface area contributed by atoms with Crippen LogP contribution in [-0.4, -0.2) is 16.8 Å². The number of halogens is 3. The van der Waals surface area contributed by atoms with Crippen LogP contribution in [0.4, 0.5) is 15.8 Å². The van der Waals surface area contributed by atoms with Crippen LogP contribution in [0.3, 0.4) is 0 Å². The highest BCUT2D eigenvalue weighted by Gasteiger charge is 2.18. The number of anilines is 2. The fourth-order valence-corrected chi connectivity index (χ4v) is 4.85. The van der Waals surface area contributed by atoms with Crippen LogP contribution in [0.1, 0.15) is 0 Å². The van der Waals surface area contributed by atoms with Crippen molar-refractivity contribution in [1.29, 1.82) is 0 Å². The van der Waals surface area contributed by atoms with Crippen LogP contribution in [0.15, 0.2) is 76.5 Å². The van der Waals surface area contributed by atoms with Crippen LogP contribution in [0, 0.1) is 5.82 Å². The van der Waals surface area contributed by atoms with E-state index < -0.39 is 25.9 Å². The first-order valence-corrected chi connectivity index (χ1v) is 11.7. The number of benzene rings is 3. The van der Waals surface area contributed by atoms with Gasteiger partial charge < -0.3 is 0 Å². The van der Waals surface area contributed by atoms with Gasteiger partial charge in [-0.05, 0) is 60.7 Å². The van der Waals surface area contributed by atoms with Crippen molar-refractivity contribution < 1.29 is 21.2 Å². The van der Waals surface area contributed by atoms with Crippen molar-refractivity contribution >= 4 is 54.6 Å². The molecule has 0 aliphatic carbocycles. The normalized spacial score (nSPS) is 11.8. The molecule has 0 unspecified atom stereocenters. The van der Waals surface area contributed by atoms with E-state index in [1.165, 1.54) is 36.4 Å². The molecule has 0 atom stereocenters. The Labute approximate surface area is 177 Å². The number of nitrogens with one attached hydrogen (secondary N) is 2. The fraction of sp³-hybridized carbons (Fsp3) is 0. The standard InChI is InChI=1S/C18H13Cl2FN2O4S2/c19-16-2-1-3-17(18(16)20)23-29(26,27)15-10-6-13(7-11-15)22-28(24,25)14-8-4-12(21)5-9-14/h1-11,22-23H. The lowest BCUT2D eigenvalue weighted by Crippen LogP contribution is -2.15. The van der Waals surface area contributed by atoms with E-state index in [0.717, 1.165) is 24.3 Å².